The first-order valence-corrected chi connectivity index (χ1v) is 11.8. The van der Waals surface area contributed by atoms with Crippen molar-refractivity contribution in [2.75, 3.05) is 0 Å². The van der Waals surface area contributed by atoms with Gasteiger partial charge >= 0.3 is 0 Å². The van der Waals surface area contributed by atoms with Crippen LogP contribution in [0.15, 0.2) is 0 Å². The van der Waals surface area contributed by atoms with E-state index in [4.69, 9.17) is 0 Å². The zero-order valence-electron chi connectivity index (χ0n) is 18.5. The second-order valence-corrected chi connectivity index (χ2v) is 8.08. The highest BCUT2D eigenvalue weighted by atomic mass is 16.3. The SMILES string of the molecule is CCCCCCCCCCCCCCCCCC(=O)NC(C)NC(O)CC. The number of carbonyl (C=O) groups is 1. The molecule has 0 bridgehead atoms. The number of hydrogen-bond acceptors (Lipinski definition) is 3. The van der Waals surface area contributed by atoms with E-state index in [1.54, 1.807) is 0 Å². The molecule has 0 aromatic carbocycles. The lowest BCUT2D eigenvalue weighted by Gasteiger charge is -2.19. The number of hydrogen-bond donors (Lipinski definition) is 3. The fourth-order valence-electron chi connectivity index (χ4n) is 3.42. The summed E-state index contributed by atoms with van der Waals surface area (Å²) in [5.41, 5.74) is 0. The second-order valence-electron chi connectivity index (χ2n) is 8.08. The number of aliphatic hydroxyl groups is 1. The van der Waals surface area contributed by atoms with Gasteiger partial charge in [-0.15, -0.1) is 0 Å². The third kappa shape index (κ3) is 19.9. The summed E-state index contributed by atoms with van der Waals surface area (Å²) in [4.78, 5) is 11.8. The van der Waals surface area contributed by atoms with Crippen molar-refractivity contribution >= 4 is 5.91 Å². The number of rotatable bonds is 20. The van der Waals surface area contributed by atoms with Crippen LogP contribution in [-0.4, -0.2) is 23.4 Å². The molecule has 0 radical (unpaired) electrons. The monoisotopic (exact) mass is 384 g/mol. The van der Waals surface area contributed by atoms with Gasteiger partial charge in [-0.05, 0) is 19.8 Å². The first-order chi connectivity index (χ1) is 13.1. The van der Waals surface area contributed by atoms with Gasteiger partial charge < -0.3 is 10.4 Å². The smallest absolute Gasteiger partial charge is 0.221 e. The van der Waals surface area contributed by atoms with E-state index in [0.717, 1.165) is 12.8 Å². The molecule has 0 rings (SSSR count). The molecule has 0 aromatic heterocycles. The van der Waals surface area contributed by atoms with E-state index in [1.165, 1.54) is 83.5 Å². The lowest BCUT2D eigenvalue weighted by Crippen LogP contribution is -2.47. The van der Waals surface area contributed by atoms with Crippen LogP contribution < -0.4 is 10.6 Å². The van der Waals surface area contributed by atoms with Gasteiger partial charge in [-0.3, -0.25) is 10.1 Å². The first-order valence-electron chi connectivity index (χ1n) is 11.8. The van der Waals surface area contributed by atoms with Crippen LogP contribution in [0.3, 0.4) is 0 Å². The Morgan fingerprint density at radius 1 is 0.741 bits per heavy atom. The van der Waals surface area contributed by atoms with Gasteiger partial charge in [-0.1, -0.05) is 104 Å². The van der Waals surface area contributed by atoms with Gasteiger partial charge in [0, 0.05) is 6.42 Å². The fourth-order valence-corrected chi connectivity index (χ4v) is 3.42. The Balaban J connectivity index is 3.25. The molecule has 0 aliphatic carbocycles. The van der Waals surface area contributed by atoms with Gasteiger partial charge in [0.15, 0.2) is 0 Å². The maximum Gasteiger partial charge on any atom is 0.221 e. The minimum absolute atomic E-state index is 0.0768. The van der Waals surface area contributed by atoms with Crippen molar-refractivity contribution in [1.82, 2.24) is 10.6 Å². The van der Waals surface area contributed by atoms with Crippen molar-refractivity contribution in [2.45, 2.75) is 142 Å². The quantitative estimate of drug-likeness (QED) is 0.177. The van der Waals surface area contributed by atoms with Crippen LogP contribution in [0.2, 0.25) is 0 Å². The van der Waals surface area contributed by atoms with E-state index in [-0.39, 0.29) is 12.1 Å². The van der Waals surface area contributed by atoms with Crippen LogP contribution in [0.1, 0.15) is 130 Å². The van der Waals surface area contributed by atoms with Crippen molar-refractivity contribution in [3.05, 3.63) is 0 Å². The Morgan fingerprint density at radius 2 is 1.15 bits per heavy atom. The van der Waals surface area contributed by atoms with E-state index in [9.17, 15) is 9.90 Å². The molecule has 0 saturated heterocycles. The maximum absolute atomic E-state index is 11.8. The number of amides is 1. The molecule has 0 heterocycles. The molecule has 0 spiro atoms. The highest BCUT2D eigenvalue weighted by molar-refractivity contribution is 5.76. The van der Waals surface area contributed by atoms with Gasteiger partial charge in [0.05, 0.1) is 6.17 Å². The molecule has 4 heteroatoms. The first kappa shape index (κ1) is 26.4. The third-order valence-electron chi connectivity index (χ3n) is 5.21. The summed E-state index contributed by atoms with van der Waals surface area (Å²) in [6.07, 6.45) is 20.6. The van der Waals surface area contributed by atoms with E-state index >= 15 is 0 Å². The largest absolute Gasteiger partial charge is 0.379 e. The number of carbonyl (C=O) groups excluding carboxylic acids is 1. The van der Waals surface area contributed by atoms with E-state index in [0.29, 0.717) is 12.8 Å². The van der Waals surface area contributed by atoms with Gasteiger partial charge in [0.25, 0.3) is 0 Å². The zero-order chi connectivity index (χ0) is 20.2. The van der Waals surface area contributed by atoms with Crippen LogP contribution in [0, 0.1) is 0 Å². The molecule has 0 aromatic rings. The Bertz CT molecular complexity index is 324. The second kappa shape index (κ2) is 20.1. The Morgan fingerprint density at radius 3 is 1.56 bits per heavy atom. The lowest BCUT2D eigenvalue weighted by molar-refractivity contribution is -0.122. The van der Waals surface area contributed by atoms with Crippen molar-refractivity contribution < 1.29 is 9.90 Å². The lowest BCUT2D eigenvalue weighted by atomic mass is 10.0. The molecular formula is C23H48N2O2. The molecule has 3 N–H and O–H groups in total. The van der Waals surface area contributed by atoms with Crippen LogP contribution in [0.4, 0.5) is 0 Å². The van der Waals surface area contributed by atoms with Crippen molar-refractivity contribution in [1.29, 1.82) is 0 Å². The van der Waals surface area contributed by atoms with Crippen LogP contribution in [-0.2, 0) is 4.79 Å². The summed E-state index contributed by atoms with van der Waals surface area (Å²) in [5, 5.41) is 15.3. The van der Waals surface area contributed by atoms with Gasteiger partial charge in [0.2, 0.25) is 5.91 Å². The summed E-state index contributed by atoms with van der Waals surface area (Å²) in [6.45, 7) is 6.04. The highest BCUT2D eigenvalue weighted by Crippen LogP contribution is 2.13. The molecular weight excluding hydrogens is 336 g/mol. The summed E-state index contributed by atoms with van der Waals surface area (Å²) < 4.78 is 0. The van der Waals surface area contributed by atoms with Crippen molar-refractivity contribution in [2.24, 2.45) is 0 Å². The van der Waals surface area contributed by atoms with Gasteiger partial charge in [-0.25, -0.2) is 0 Å². The normalized spacial score (nSPS) is 13.5. The molecule has 0 aliphatic heterocycles. The summed E-state index contributed by atoms with van der Waals surface area (Å²) >= 11 is 0. The standard InChI is InChI=1S/C23H48N2O2/c1-4-6-7-8-9-10-11-12-13-14-15-16-17-18-19-20-23(27)25-21(3)24-22(26)5-2/h21-22,24,26H,4-20H2,1-3H3,(H,25,27). The molecule has 0 fully saturated rings. The molecule has 162 valence electrons. The van der Waals surface area contributed by atoms with Crippen LogP contribution >= 0.6 is 0 Å². The maximum atomic E-state index is 11.8. The molecule has 2 unspecified atom stereocenters. The minimum Gasteiger partial charge on any atom is -0.379 e. The molecule has 2 atom stereocenters. The number of unbranched alkanes of at least 4 members (excludes halogenated alkanes) is 14. The highest BCUT2D eigenvalue weighted by Gasteiger charge is 2.09. The summed E-state index contributed by atoms with van der Waals surface area (Å²) in [7, 11) is 0. The molecule has 27 heavy (non-hydrogen) atoms. The Hall–Kier alpha value is -0.610. The topological polar surface area (TPSA) is 61.4 Å². The number of nitrogens with one attached hydrogen (secondary N) is 2. The Kier molecular flexibility index (Phi) is 19.7. The van der Waals surface area contributed by atoms with E-state index in [1.807, 2.05) is 13.8 Å². The van der Waals surface area contributed by atoms with Crippen LogP contribution in [0.5, 0.6) is 0 Å². The number of aliphatic hydroxyl groups excluding tert-OH is 1. The molecule has 0 saturated carbocycles. The van der Waals surface area contributed by atoms with Crippen LogP contribution in [0.25, 0.3) is 0 Å². The van der Waals surface area contributed by atoms with E-state index < -0.39 is 6.23 Å². The molecule has 1 amide bonds. The summed E-state index contributed by atoms with van der Waals surface area (Å²) in [6, 6.07) is 0. The molecule has 4 nitrogen and oxygen atoms in total. The average Bonchev–Trinajstić information content (AvgIpc) is 2.64. The van der Waals surface area contributed by atoms with Gasteiger partial charge in [0.1, 0.15) is 6.23 Å². The minimum atomic E-state index is -0.550. The fraction of sp³-hybridized carbons (Fsp3) is 0.957. The van der Waals surface area contributed by atoms with Crippen molar-refractivity contribution in [3.63, 3.8) is 0 Å². The third-order valence-corrected chi connectivity index (χ3v) is 5.21. The predicted octanol–water partition coefficient (Wildman–Crippen LogP) is 6.03. The average molecular weight is 385 g/mol. The molecule has 0 aliphatic rings. The zero-order valence-corrected chi connectivity index (χ0v) is 18.5. The Labute approximate surface area is 169 Å². The van der Waals surface area contributed by atoms with Crippen molar-refractivity contribution in [3.8, 4) is 0 Å². The van der Waals surface area contributed by atoms with E-state index in [2.05, 4.69) is 17.6 Å². The summed E-state index contributed by atoms with van der Waals surface area (Å²) in [5.74, 6) is 0.0768. The van der Waals surface area contributed by atoms with Gasteiger partial charge in [-0.2, -0.15) is 0 Å². The predicted molar refractivity (Wildman–Crippen MR) is 117 cm³/mol.